The van der Waals surface area contributed by atoms with Crippen LogP contribution in [0.1, 0.15) is 0 Å². The highest BCUT2D eigenvalue weighted by atomic mass is 79.9. The number of carbonyl (C=O) groups excluding carboxylic acids is 1. The third-order valence-electron chi connectivity index (χ3n) is 0.733. The molecule has 60 valence electrons. The summed E-state index contributed by atoms with van der Waals surface area (Å²) < 4.78 is 1.13. The van der Waals surface area contributed by atoms with Crippen molar-refractivity contribution in [1.29, 1.82) is 0 Å². The number of benzene rings is 1. The minimum absolute atomic E-state index is 1.13. The monoisotopic (exact) mass is 214 g/mol. The second-order valence-corrected chi connectivity index (χ2v) is 2.21. The van der Waals surface area contributed by atoms with E-state index in [1.165, 1.54) is 0 Å². The van der Waals surface area contributed by atoms with Crippen LogP contribution in [0.15, 0.2) is 48.0 Å². The molecule has 1 aromatic rings. The van der Waals surface area contributed by atoms with Gasteiger partial charge in [0.15, 0.2) is 0 Å². The summed E-state index contributed by atoms with van der Waals surface area (Å²) in [6, 6.07) is 9.97. The highest BCUT2D eigenvalue weighted by Gasteiger charge is 1.74. The fourth-order valence-electron chi connectivity index (χ4n) is 0.415. The van der Waals surface area contributed by atoms with E-state index in [2.05, 4.69) is 29.1 Å². The minimum Gasteiger partial charge on any atom is -0.307 e. The highest BCUT2D eigenvalue weighted by molar-refractivity contribution is 9.10. The summed E-state index contributed by atoms with van der Waals surface area (Å²) in [5, 5.41) is 0. The van der Waals surface area contributed by atoms with Crippen molar-refractivity contribution >= 4 is 22.7 Å². The fraction of sp³-hybridized carbons (Fsp3) is 0. The van der Waals surface area contributed by atoms with Crippen LogP contribution in [0, 0.1) is 0 Å². The summed E-state index contributed by atoms with van der Waals surface area (Å²) in [7, 11) is 0. The predicted molar refractivity (Wildman–Crippen MR) is 52.5 cm³/mol. The number of halogens is 1. The Morgan fingerprint density at radius 3 is 1.55 bits per heavy atom. The number of carbonyl (C=O) groups is 1. The Labute approximate surface area is 75.9 Å². The quantitative estimate of drug-likeness (QED) is 0.608. The van der Waals surface area contributed by atoms with Gasteiger partial charge in [-0.1, -0.05) is 34.1 Å². The first kappa shape index (κ1) is 12.8. The lowest BCUT2D eigenvalue weighted by Gasteiger charge is -1.80. The maximum absolute atomic E-state index is 8.00. The lowest BCUT2D eigenvalue weighted by Crippen LogP contribution is -1.55. The predicted octanol–water partition coefficient (Wildman–Crippen LogP) is 3.07. The van der Waals surface area contributed by atoms with Crippen LogP contribution in [0.3, 0.4) is 0 Å². The zero-order valence-electron chi connectivity index (χ0n) is 6.29. The van der Waals surface area contributed by atoms with Gasteiger partial charge in [-0.05, 0) is 12.1 Å². The molecule has 1 nitrogen and oxygen atoms in total. The van der Waals surface area contributed by atoms with Crippen LogP contribution in [0.5, 0.6) is 0 Å². The molecule has 0 N–H and O–H groups in total. The second-order valence-electron chi connectivity index (χ2n) is 1.30. The Bertz CT molecular complexity index is 160. The van der Waals surface area contributed by atoms with E-state index >= 15 is 0 Å². The lowest BCUT2D eigenvalue weighted by atomic mass is 10.4. The lowest BCUT2D eigenvalue weighted by molar-refractivity contribution is -0.0979. The average molecular weight is 215 g/mol. The van der Waals surface area contributed by atoms with Crippen molar-refractivity contribution in [2.24, 2.45) is 0 Å². The van der Waals surface area contributed by atoms with Crippen LogP contribution < -0.4 is 0 Å². The molecule has 0 atom stereocenters. The van der Waals surface area contributed by atoms with Crippen molar-refractivity contribution in [2.75, 3.05) is 0 Å². The summed E-state index contributed by atoms with van der Waals surface area (Å²) in [6.07, 6.45) is 0. The summed E-state index contributed by atoms with van der Waals surface area (Å²) in [4.78, 5) is 8.00. The maximum atomic E-state index is 8.00. The molecule has 0 bridgehead atoms. The number of hydrogen-bond acceptors (Lipinski definition) is 1. The Hall–Kier alpha value is -0.890. The van der Waals surface area contributed by atoms with Crippen LogP contribution >= 0.6 is 15.9 Å². The summed E-state index contributed by atoms with van der Waals surface area (Å²) >= 11 is 3.31. The van der Waals surface area contributed by atoms with Gasteiger partial charge in [0.25, 0.3) is 0 Å². The van der Waals surface area contributed by atoms with E-state index in [0.717, 1.165) is 4.47 Å². The van der Waals surface area contributed by atoms with E-state index < -0.39 is 0 Å². The number of hydrogen-bond donors (Lipinski definition) is 0. The largest absolute Gasteiger partial charge is 0.307 e. The van der Waals surface area contributed by atoms with Gasteiger partial charge < -0.3 is 4.79 Å². The standard InChI is InChI=1S/C6H5Br.C2H4.CH2O/c7-6-4-2-1-3-5-6;2*1-2/h1-5H;1-2H2;1H2. The molecule has 0 saturated carbocycles. The van der Waals surface area contributed by atoms with Crippen LogP contribution in [-0.2, 0) is 4.79 Å². The van der Waals surface area contributed by atoms with Gasteiger partial charge in [0.2, 0.25) is 0 Å². The van der Waals surface area contributed by atoms with Crippen LogP contribution in [-0.4, -0.2) is 6.79 Å². The van der Waals surface area contributed by atoms with Gasteiger partial charge in [-0.3, -0.25) is 0 Å². The Balaban J connectivity index is 0. The second kappa shape index (κ2) is 11.9. The molecule has 0 spiro atoms. The molecule has 0 saturated heterocycles. The molecular weight excluding hydrogens is 204 g/mol. The van der Waals surface area contributed by atoms with Crippen molar-refractivity contribution in [1.82, 2.24) is 0 Å². The molecule has 11 heavy (non-hydrogen) atoms. The van der Waals surface area contributed by atoms with Crippen molar-refractivity contribution in [3.8, 4) is 0 Å². The third kappa shape index (κ3) is 9.11. The summed E-state index contributed by atoms with van der Waals surface area (Å²) in [5.74, 6) is 0. The smallest absolute Gasteiger partial charge is 0.106 e. The van der Waals surface area contributed by atoms with Gasteiger partial charge in [0, 0.05) is 4.47 Å². The van der Waals surface area contributed by atoms with E-state index in [4.69, 9.17) is 4.79 Å². The normalized spacial score (nSPS) is 6.27. The zero-order chi connectivity index (χ0) is 9.11. The van der Waals surface area contributed by atoms with Gasteiger partial charge in [0.1, 0.15) is 6.79 Å². The first-order chi connectivity index (χ1) is 5.39. The van der Waals surface area contributed by atoms with Crippen LogP contribution in [0.4, 0.5) is 0 Å². The average Bonchev–Trinajstić information content (AvgIpc) is 2.13. The molecule has 2 heteroatoms. The first-order valence-corrected chi connectivity index (χ1v) is 3.68. The van der Waals surface area contributed by atoms with E-state index in [1.54, 1.807) is 0 Å². The SMILES string of the molecule is Brc1ccccc1.C=C.C=O. The van der Waals surface area contributed by atoms with Gasteiger partial charge in [0.05, 0.1) is 0 Å². The summed E-state index contributed by atoms with van der Waals surface area (Å²) in [6.45, 7) is 8.00. The van der Waals surface area contributed by atoms with Crippen LogP contribution in [0.25, 0.3) is 0 Å². The molecule has 0 aliphatic carbocycles. The molecule has 0 amide bonds. The van der Waals surface area contributed by atoms with Gasteiger partial charge >= 0.3 is 0 Å². The molecule has 0 aromatic heterocycles. The van der Waals surface area contributed by atoms with Crippen LogP contribution in [0.2, 0.25) is 0 Å². The molecule has 0 fully saturated rings. The highest BCUT2D eigenvalue weighted by Crippen LogP contribution is 2.05. The van der Waals surface area contributed by atoms with Gasteiger partial charge in [-0.15, -0.1) is 13.2 Å². The molecule has 1 aromatic carbocycles. The topological polar surface area (TPSA) is 17.1 Å². The molecule has 0 aliphatic heterocycles. The Morgan fingerprint density at radius 2 is 1.36 bits per heavy atom. The van der Waals surface area contributed by atoms with Crippen molar-refractivity contribution < 1.29 is 4.79 Å². The third-order valence-corrected chi connectivity index (χ3v) is 1.26. The fourth-order valence-corrected chi connectivity index (χ4v) is 0.720. The van der Waals surface area contributed by atoms with Gasteiger partial charge in [-0.2, -0.15) is 0 Å². The molecule has 0 unspecified atom stereocenters. The maximum Gasteiger partial charge on any atom is 0.106 e. The Kier molecular flexibility index (Phi) is 13.7. The van der Waals surface area contributed by atoms with Gasteiger partial charge in [-0.25, -0.2) is 0 Å². The molecule has 1 rings (SSSR count). The van der Waals surface area contributed by atoms with Crippen molar-refractivity contribution in [3.63, 3.8) is 0 Å². The van der Waals surface area contributed by atoms with E-state index in [1.807, 2.05) is 37.1 Å². The molecule has 0 radical (unpaired) electrons. The van der Waals surface area contributed by atoms with E-state index in [-0.39, 0.29) is 0 Å². The van der Waals surface area contributed by atoms with Crippen molar-refractivity contribution in [2.45, 2.75) is 0 Å². The molecular formula is C9H11BrO. The number of rotatable bonds is 0. The molecule has 0 aliphatic rings. The minimum atomic E-state index is 1.13. The van der Waals surface area contributed by atoms with E-state index in [0.29, 0.717) is 0 Å². The summed E-state index contributed by atoms with van der Waals surface area (Å²) in [5.41, 5.74) is 0. The van der Waals surface area contributed by atoms with E-state index in [9.17, 15) is 0 Å². The zero-order valence-corrected chi connectivity index (χ0v) is 7.88. The first-order valence-electron chi connectivity index (χ1n) is 2.89. The Morgan fingerprint density at radius 1 is 1.00 bits per heavy atom. The molecule has 0 heterocycles. The van der Waals surface area contributed by atoms with Crippen molar-refractivity contribution in [3.05, 3.63) is 48.0 Å².